The number of hydrogen-bond acceptors (Lipinski definition) is 7. The molecule has 2 N–H and O–H groups in total. The number of nitrogens with zero attached hydrogens (tertiary/aromatic N) is 3. The molecule has 0 bridgehead atoms. The number of anilines is 1. The van der Waals surface area contributed by atoms with Gasteiger partial charge in [0.25, 0.3) is 5.91 Å². The minimum Gasteiger partial charge on any atom is -0.310 e. The average molecular weight is 446 g/mol. The van der Waals surface area contributed by atoms with Gasteiger partial charge in [0.2, 0.25) is 5.13 Å². The Balaban J connectivity index is 1.23. The molecule has 2 unspecified atom stereocenters. The Hall–Kier alpha value is -1.56. The molecule has 0 spiro atoms. The van der Waals surface area contributed by atoms with Crippen molar-refractivity contribution in [2.45, 2.75) is 50.4 Å². The van der Waals surface area contributed by atoms with Crippen molar-refractivity contribution in [3.05, 3.63) is 26.9 Å². The van der Waals surface area contributed by atoms with E-state index in [0.717, 1.165) is 29.1 Å². The molecule has 2 aliphatic rings. The number of piperidine rings is 1. The van der Waals surface area contributed by atoms with Crippen LogP contribution in [-0.2, 0) is 0 Å². The van der Waals surface area contributed by atoms with Crippen LogP contribution in [0.25, 0.3) is 0 Å². The van der Waals surface area contributed by atoms with E-state index in [1.54, 1.807) is 11.3 Å². The summed E-state index contributed by atoms with van der Waals surface area (Å²) in [6.45, 7) is 1.96. The second kappa shape index (κ2) is 8.29. The van der Waals surface area contributed by atoms with E-state index in [1.807, 2.05) is 18.4 Å². The van der Waals surface area contributed by atoms with Gasteiger partial charge in [-0.3, -0.25) is 15.0 Å². The summed E-state index contributed by atoms with van der Waals surface area (Å²) in [5.41, 5.74) is 0.615. The van der Waals surface area contributed by atoms with E-state index < -0.39 is 12.7 Å². The smallest absolute Gasteiger partial charge is 0.310 e. The maximum Gasteiger partial charge on any atom is 0.401 e. The zero-order valence-corrected chi connectivity index (χ0v) is 17.5. The molecule has 6 nitrogen and oxygen atoms in total. The predicted octanol–water partition coefficient (Wildman–Crippen LogP) is 3.63. The van der Waals surface area contributed by atoms with E-state index in [4.69, 9.17) is 0 Å². The van der Waals surface area contributed by atoms with Gasteiger partial charge in [-0.25, -0.2) is 0 Å². The van der Waals surface area contributed by atoms with Crippen molar-refractivity contribution >= 4 is 33.7 Å². The van der Waals surface area contributed by atoms with Gasteiger partial charge in [-0.15, -0.1) is 21.5 Å². The normalized spacial score (nSPS) is 23.3. The van der Waals surface area contributed by atoms with Gasteiger partial charge in [0.15, 0.2) is 0 Å². The highest BCUT2D eigenvalue weighted by molar-refractivity contribution is 7.15. The van der Waals surface area contributed by atoms with Gasteiger partial charge in [-0.1, -0.05) is 11.3 Å². The molecule has 1 aliphatic carbocycles. The van der Waals surface area contributed by atoms with Crippen LogP contribution in [0.1, 0.15) is 45.4 Å². The number of aromatic nitrogens is 2. The van der Waals surface area contributed by atoms with Gasteiger partial charge < -0.3 is 5.32 Å². The highest BCUT2D eigenvalue weighted by Crippen LogP contribution is 2.44. The second-order valence-corrected chi connectivity index (χ2v) is 9.72. The van der Waals surface area contributed by atoms with Crippen molar-refractivity contribution in [1.29, 1.82) is 0 Å². The van der Waals surface area contributed by atoms with Gasteiger partial charge in [0.1, 0.15) is 5.01 Å². The standard InChI is InChI=1S/C18H22F3N5OS2/c1-10-24-25-17(29-10)23-16(27)11-6-15(28-8-11)13-7-14(13)22-12-2-4-26(5-3-12)9-18(19,20)21/h6,8,12-14,22H,2-5,7,9H2,1H3,(H,23,25,27). The quantitative estimate of drug-likeness (QED) is 0.711. The number of hydrogen-bond donors (Lipinski definition) is 2. The molecular weight excluding hydrogens is 423 g/mol. The molecule has 2 fully saturated rings. The first kappa shape index (κ1) is 20.7. The summed E-state index contributed by atoms with van der Waals surface area (Å²) in [6.07, 6.45) is -1.66. The number of carbonyl (C=O) groups is 1. The van der Waals surface area contributed by atoms with Crippen LogP contribution in [0.3, 0.4) is 0 Å². The number of halogens is 3. The summed E-state index contributed by atoms with van der Waals surface area (Å²) in [5, 5.41) is 17.3. The zero-order valence-electron chi connectivity index (χ0n) is 15.8. The predicted molar refractivity (Wildman–Crippen MR) is 107 cm³/mol. The average Bonchev–Trinajstić information content (AvgIpc) is 3.03. The molecule has 11 heteroatoms. The molecule has 1 aliphatic heterocycles. The van der Waals surface area contributed by atoms with Crippen molar-refractivity contribution in [2.24, 2.45) is 0 Å². The van der Waals surface area contributed by atoms with Gasteiger partial charge >= 0.3 is 6.18 Å². The van der Waals surface area contributed by atoms with Crippen LogP contribution in [0.15, 0.2) is 11.4 Å². The number of amides is 1. The fourth-order valence-corrected chi connectivity index (χ4v) is 5.35. The first-order valence-electron chi connectivity index (χ1n) is 9.52. The molecule has 1 saturated carbocycles. The second-order valence-electron chi connectivity index (χ2n) is 7.60. The Morgan fingerprint density at radius 3 is 2.72 bits per heavy atom. The lowest BCUT2D eigenvalue weighted by molar-refractivity contribution is -0.148. The highest BCUT2D eigenvalue weighted by Gasteiger charge is 2.41. The Bertz CT molecular complexity index is 860. The van der Waals surface area contributed by atoms with Gasteiger partial charge in [0.05, 0.1) is 12.1 Å². The zero-order chi connectivity index (χ0) is 20.6. The molecule has 2 aromatic heterocycles. The minimum absolute atomic E-state index is 0.189. The third kappa shape index (κ3) is 5.53. The number of thiophene rings is 1. The molecule has 29 heavy (non-hydrogen) atoms. The Morgan fingerprint density at radius 2 is 2.07 bits per heavy atom. The lowest BCUT2D eigenvalue weighted by atomic mass is 10.0. The summed E-state index contributed by atoms with van der Waals surface area (Å²) in [5.74, 6) is 0.185. The third-order valence-corrected chi connectivity index (χ3v) is 7.04. The lowest BCUT2D eigenvalue weighted by Gasteiger charge is -2.33. The van der Waals surface area contributed by atoms with Crippen LogP contribution in [0.5, 0.6) is 0 Å². The number of aryl methyl sites for hydroxylation is 1. The molecule has 0 radical (unpaired) electrons. The van der Waals surface area contributed by atoms with E-state index >= 15 is 0 Å². The number of rotatable bonds is 6. The largest absolute Gasteiger partial charge is 0.401 e. The summed E-state index contributed by atoms with van der Waals surface area (Å²) in [6, 6.07) is 2.53. The summed E-state index contributed by atoms with van der Waals surface area (Å²) >= 11 is 2.90. The monoisotopic (exact) mass is 445 g/mol. The van der Waals surface area contributed by atoms with Crippen molar-refractivity contribution in [1.82, 2.24) is 20.4 Å². The molecule has 2 atom stereocenters. The van der Waals surface area contributed by atoms with Crippen LogP contribution >= 0.6 is 22.7 Å². The maximum absolute atomic E-state index is 12.5. The molecule has 0 aromatic carbocycles. The molecular formula is C18H22F3N5OS2. The van der Waals surface area contributed by atoms with Crippen LogP contribution in [-0.4, -0.2) is 58.9 Å². The number of alkyl halides is 3. The van der Waals surface area contributed by atoms with E-state index in [1.165, 1.54) is 16.2 Å². The molecule has 4 rings (SSSR count). The van der Waals surface area contributed by atoms with E-state index in [9.17, 15) is 18.0 Å². The van der Waals surface area contributed by atoms with E-state index in [2.05, 4.69) is 20.8 Å². The van der Waals surface area contributed by atoms with E-state index in [0.29, 0.717) is 35.7 Å². The first-order chi connectivity index (χ1) is 13.8. The number of carbonyl (C=O) groups excluding carboxylic acids is 1. The van der Waals surface area contributed by atoms with Crippen molar-refractivity contribution in [2.75, 3.05) is 25.0 Å². The summed E-state index contributed by atoms with van der Waals surface area (Å²) < 4.78 is 37.5. The van der Waals surface area contributed by atoms with Crippen molar-refractivity contribution in [3.63, 3.8) is 0 Å². The Labute approximate surface area is 174 Å². The van der Waals surface area contributed by atoms with Crippen LogP contribution in [0.2, 0.25) is 0 Å². The maximum atomic E-state index is 12.5. The molecule has 158 valence electrons. The molecule has 3 heterocycles. The fraction of sp³-hybridized carbons (Fsp3) is 0.611. The molecule has 1 saturated heterocycles. The van der Waals surface area contributed by atoms with Crippen LogP contribution in [0, 0.1) is 6.92 Å². The van der Waals surface area contributed by atoms with Gasteiger partial charge in [-0.05, 0) is 45.3 Å². The van der Waals surface area contributed by atoms with Crippen LogP contribution in [0.4, 0.5) is 18.3 Å². The summed E-state index contributed by atoms with van der Waals surface area (Å²) in [4.78, 5) is 15.0. The van der Waals surface area contributed by atoms with Gasteiger partial charge in [-0.2, -0.15) is 13.2 Å². The Kier molecular flexibility index (Phi) is 5.92. The number of nitrogens with one attached hydrogen (secondary N) is 2. The highest BCUT2D eigenvalue weighted by atomic mass is 32.1. The first-order valence-corrected chi connectivity index (χ1v) is 11.2. The fourth-order valence-electron chi connectivity index (χ4n) is 3.69. The number of likely N-dealkylation sites (tertiary alicyclic amines) is 1. The van der Waals surface area contributed by atoms with Crippen molar-refractivity contribution < 1.29 is 18.0 Å². The minimum atomic E-state index is -4.13. The summed E-state index contributed by atoms with van der Waals surface area (Å²) in [7, 11) is 0. The van der Waals surface area contributed by atoms with E-state index in [-0.39, 0.29) is 11.9 Å². The SMILES string of the molecule is Cc1nnc(NC(=O)c2csc(C3CC3NC3CCN(CC(F)(F)F)CC3)c2)s1. The van der Waals surface area contributed by atoms with Crippen LogP contribution < -0.4 is 10.6 Å². The molecule has 2 aromatic rings. The van der Waals surface area contributed by atoms with Gasteiger partial charge in [0, 0.05) is 28.3 Å². The topological polar surface area (TPSA) is 70.1 Å². The Morgan fingerprint density at radius 1 is 1.31 bits per heavy atom. The molecule has 1 amide bonds. The lowest BCUT2D eigenvalue weighted by Crippen LogP contribution is -2.46. The van der Waals surface area contributed by atoms with Crippen molar-refractivity contribution in [3.8, 4) is 0 Å². The third-order valence-electron chi connectivity index (χ3n) is 5.22.